The van der Waals surface area contributed by atoms with E-state index in [4.69, 9.17) is 0 Å². The van der Waals surface area contributed by atoms with E-state index >= 15 is 0 Å². The Morgan fingerprint density at radius 3 is 1.84 bits per heavy atom. The van der Waals surface area contributed by atoms with Crippen LogP contribution in [-0.2, 0) is 0 Å². The summed E-state index contributed by atoms with van der Waals surface area (Å²) in [5.41, 5.74) is 5.83. The predicted octanol–water partition coefficient (Wildman–Crippen LogP) is 9.56. The van der Waals surface area contributed by atoms with Crippen LogP contribution in [0.25, 0.3) is 0 Å². The van der Waals surface area contributed by atoms with Crippen LogP contribution in [-0.4, -0.2) is 4.98 Å². The van der Waals surface area contributed by atoms with Crippen molar-refractivity contribution in [2.24, 2.45) is 11.3 Å². The number of allylic oxidation sites excluding steroid dienone is 2. The zero-order valence-electron chi connectivity index (χ0n) is 21.6. The molecule has 0 fully saturated rings. The summed E-state index contributed by atoms with van der Waals surface area (Å²) in [5, 5.41) is 0. The molecule has 1 N–H and O–H groups in total. The van der Waals surface area contributed by atoms with E-state index in [1.165, 1.54) is 35.4 Å². The lowest BCUT2D eigenvalue weighted by molar-refractivity contribution is 0.394. The molecule has 0 bridgehead atoms. The molecule has 0 aliphatic heterocycles. The van der Waals surface area contributed by atoms with Crippen molar-refractivity contribution in [3.05, 3.63) is 71.1 Å². The van der Waals surface area contributed by atoms with Crippen molar-refractivity contribution in [1.82, 2.24) is 4.98 Å². The molecular formula is C30H47N. The summed E-state index contributed by atoms with van der Waals surface area (Å²) in [6.45, 7) is 20.8. The lowest BCUT2D eigenvalue weighted by Gasteiger charge is -2.25. The molecule has 0 aliphatic carbocycles. The fourth-order valence-electron chi connectivity index (χ4n) is 4.43. The lowest BCUT2D eigenvalue weighted by atomic mass is 9.81. The Balaban J connectivity index is 1.85. The van der Waals surface area contributed by atoms with Crippen molar-refractivity contribution in [3.63, 3.8) is 0 Å². The first kappa shape index (κ1) is 25.5. The van der Waals surface area contributed by atoms with Gasteiger partial charge in [-0.25, -0.2) is 0 Å². The van der Waals surface area contributed by atoms with Crippen molar-refractivity contribution in [3.8, 4) is 0 Å². The normalized spacial score (nSPS) is 15.7. The largest absolute Gasteiger partial charge is 0.362 e. The second-order valence-electron chi connectivity index (χ2n) is 11.3. The summed E-state index contributed by atoms with van der Waals surface area (Å²) >= 11 is 0. The molecule has 1 aromatic carbocycles. The molecule has 2 aromatic rings. The van der Waals surface area contributed by atoms with Crippen LogP contribution in [0.4, 0.5) is 0 Å². The molecule has 1 heteroatoms. The van der Waals surface area contributed by atoms with Gasteiger partial charge >= 0.3 is 0 Å². The molecule has 1 nitrogen and oxygen atoms in total. The number of hydrogen-bond acceptors (Lipinski definition) is 0. The highest BCUT2D eigenvalue weighted by molar-refractivity contribution is 5.27. The molecule has 0 spiro atoms. The van der Waals surface area contributed by atoms with Gasteiger partial charge in [-0.15, -0.1) is 0 Å². The van der Waals surface area contributed by atoms with Gasteiger partial charge in [0.05, 0.1) is 0 Å². The van der Waals surface area contributed by atoms with E-state index < -0.39 is 0 Å². The summed E-state index contributed by atoms with van der Waals surface area (Å²) < 4.78 is 0. The highest BCUT2D eigenvalue weighted by Gasteiger charge is 2.21. The molecule has 172 valence electrons. The molecule has 0 saturated heterocycles. The van der Waals surface area contributed by atoms with Crippen LogP contribution in [0.15, 0.2) is 48.6 Å². The third kappa shape index (κ3) is 8.02. The summed E-state index contributed by atoms with van der Waals surface area (Å²) in [6, 6.07) is 13.8. The molecule has 0 saturated carbocycles. The van der Waals surface area contributed by atoms with Gasteiger partial charge in [0.25, 0.3) is 0 Å². The smallest absolute Gasteiger partial charge is 0.0178 e. The van der Waals surface area contributed by atoms with Gasteiger partial charge in [0, 0.05) is 11.4 Å². The Bertz CT molecular complexity index is 803. The van der Waals surface area contributed by atoms with Crippen LogP contribution in [0.3, 0.4) is 0 Å². The topological polar surface area (TPSA) is 15.8 Å². The van der Waals surface area contributed by atoms with Crippen LogP contribution in [0.2, 0.25) is 0 Å². The Kier molecular flexibility index (Phi) is 9.22. The monoisotopic (exact) mass is 421 g/mol. The Labute approximate surface area is 192 Å². The van der Waals surface area contributed by atoms with E-state index in [0.29, 0.717) is 29.6 Å². The Morgan fingerprint density at radius 2 is 1.29 bits per heavy atom. The number of aromatic amines is 1. The first-order valence-corrected chi connectivity index (χ1v) is 12.5. The minimum absolute atomic E-state index is 0.203. The molecule has 0 amide bonds. The van der Waals surface area contributed by atoms with Crippen molar-refractivity contribution < 1.29 is 0 Å². The quantitative estimate of drug-likeness (QED) is 0.348. The minimum Gasteiger partial charge on any atom is -0.362 e. The van der Waals surface area contributed by atoms with Gasteiger partial charge in [0.15, 0.2) is 0 Å². The van der Waals surface area contributed by atoms with Crippen molar-refractivity contribution >= 4 is 0 Å². The zero-order valence-corrected chi connectivity index (χ0v) is 21.6. The van der Waals surface area contributed by atoms with Gasteiger partial charge in [-0.05, 0) is 77.5 Å². The lowest BCUT2D eigenvalue weighted by Crippen LogP contribution is -2.13. The van der Waals surface area contributed by atoms with Gasteiger partial charge in [0.1, 0.15) is 0 Å². The van der Waals surface area contributed by atoms with Gasteiger partial charge in [-0.2, -0.15) is 0 Å². The summed E-state index contributed by atoms with van der Waals surface area (Å²) in [4.78, 5) is 3.63. The number of nitrogens with one attached hydrogen (secondary N) is 1. The SMILES string of the molecule is CC(/C=C/C(C)(C)CC(C)c1ccc(C(C)C)[nH]1)CCC(C)c1ccc(C(C)C)cc1. The highest BCUT2D eigenvalue weighted by atomic mass is 14.7. The first-order chi connectivity index (χ1) is 14.5. The fourth-order valence-corrected chi connectivity index (χ4v) is 4.43. The maximum absolute atomic E-state index is 3.63. The Morgan fingerprint density at radius 1 is 0.710 bits per heavy atom. The summed E-state index contributed by atoms with van der Waals surface area (Å²) in [5.74, 6) is 2.94. The molecule has 2 rings (SSSR count). The molecule has 31 heavy (non-hydrogen) atoms. The van der Waals surface area contributed by atoms with E-state index in [9.17, 15) is 0 Å². The van der Waals surface area contributed by atoms with Crippen molar-refractivity contribution in [2.45, 2.75) is 105 Å². The van der Waals surface area contributed by atoms with Crippen LogP contribution < -0.4 is 0 Å². The maximum atomic E-state index is 3.63. The molecule has 3 atom stereocenters. The number of aromatic nitrogens is 1. The second kappa shape index (κ2) is 11.2. The third-order valence-corrected chi connectivity index (χ3v) is 6.82. The van der Waals surface area contributed by atoms with Crippen LogP contribution in [0, 0.1) is 11.3 Å². The number of hydrogen-bond donors (Lipinski definition) is 1. The van der Waals surface area contributed by atoms with Crippen LogP contribution >= 0.6 is 0 Å². The second-order valence-corrected chi connectivity index (χ2v) is 11.3. The third-order valence-electron chi connectivity index (χ3n) is 6.82. The standard InChI is InChI=1S/C30H47N/c1-21(2)26-12-14-27(15-13-26)24(6)11-10-23(5)18-19-30(8,9)20-25(7)29-17-16-28(31-29)22(3)4/h12-19,21-25,31H,10-11,20H2,1-9H3/b19-18+. The molecule has 0 aliphatic rings. The Hall–Kier alpha value is -1.76. The molecular weight excluding hydrogens is 374 g/mol. The van der Waals surface area contributed by atoms with Crippen molar-refractivity contribution in [1.29, 1.82) is 0 Å². The fraction of sp³-hybridized carbons (Fsp3) is 0.600. The van der Waals surface area contributed by atoms with Crippen molar-refractivity contribution in [2.75, 3.05) is 0 Å². The predicted molar refractivity (Wildman–Crippen MR) is 138 cm³/mol. The van der Waals surface area contributed by atoms with Gasteiger partial charge in [0.2, 0.25) is 0 Å². The summed E-state index contributed by atoms with van der Waals surface area (Å²) in [7, 11) is 0. The zero-order chi connectivity index (χ0) is 23.2. The summed E-state index contributed by atoms with van der Waals surface area (Å²) in [6.07, 6.45) is 8.55. The molecule has 1 aromatic heterocycles. The van der Waals surface area contributed by atoms with E-state index in [0.717, 1.165) is 6.42 Å². The molecule has 0 radical (unpaired) electrons. The van der Waals surface area contributed by atoms with Crippen LogP contribution in [0.1, 0.15) is 128 Å². The van der Waals surface area contributed by atoms with E-state index in [1.807, 2.05) is 0 Å². The van der Waals surface area contributed by atoms with Gasteiger partial charge in [-0.1, -0.05) is 98.7 Å². The van der Waals surface area contributed by atoms with Gasteiger partial charge in [-0.3, -0.25) is 0 Å². The number of benzene rings is 1. The van der Waals surface area contributed by atoms with E-state index in [1.54, 1.807) is 0 Å². The average molecular weight is 422 g/mol. The minimum atomic E-state index is 0.203. The maximum Gasteiger partial charge on any atom is 0.0178 e. The van der Waals surface area contributed by atoms with E-state index in [2.05, 4.69) is 116 Å². The molecule has 3 unspecified atom stereocenters. The van der Waals surface area contributed by atoms with Gasteiger partial charge < -0.3 is 4.98 Å². The first-order valence-electron chi connectivity index (χ1n) is 12.5. The molecule has 1 heterocycles. The number of rotatable bonds is 11. The van der Waals surface area contributed by atoms with Crippen LogP contribution in [0.5, 0.6) is 0 Å². The average Bonchev–Trinajstić information content (AvgIpc) is 3.21. The van der Waals surface area contributed by atoms with E-state index in [-0.39, 0.29) is 5.41 Å². The highest BCUT2D eigenvalue weighted by Crippen LogP contribution is 2.34. The number of H-pyrrole nitrogens is 1.